The number of ketones is 1. The minimum Gasteiger partial charge on any atom is -0.494 e. The first kappa shape index (κ1) is 13.6. The van der Waals surface area contributed by atoms with Crippen LogP contribution in [0.25, 0.3) is 0 Å². The van der Waals surface area contributed by atoms with Crippen molar-refractivity contribution >= 4 is 17.4 Å². The van der Waals surface area contributed by atoms with E-state index < -0.39 is 5.82 Å². The van der Waals surface area contributed by atoms with Crippen molar-refractivity contribution in [1.82, 2.24) is 0 Å². The summed E-state index contributed by atoms with van der Waals surface area (Å²) in [6.45, 7) is 1.73. The van der Waals surface area contributed by atoms with Gasteiger partial charge in [-0.05, 0) is 36.8 Å². The lowest BCUT2D eigenvalue weighted by Crippen LogP contribution is -2.06. The Kier molecular flexibility index (Phi) is 3.86. The molecule has 2 aromatic rings. The molecule has 0 aromatic heterocycles. The molecule has 98 valence electrons. The number of carbonyl (C=O) groups is 1. The van der Waals surface area contributed by atoms with E-state index in [4.69, 9.17) is 16.3 Å². The lowest BCUT2D eigenvalue weighted by molar-refractivity contribution is 0.103. The first-order valence-corrected chi connectivity index (χ1v) is 6.05. The molecule has 0 aliphatic rings. The van der Waals surface area contributed by atoms with Gasteiger partial charge < -0.3 is 4.74 Å². The summed E-state index contributed by atoms with van der Waals surface area (Å²) in [6, 6.07) is 9.38. The van der Waals surface area contributed by atoms with Crippen LogP contribution in [0.5, 0.6) is 5.75 Å². The monoisotopic (exact) mass is 278 g/mol. The van der Waals surface area contributed by atoms with Gasteiger partial charge in [0.1, 0.15) is 0 Å². The number of carbonyl (C=O) groups excluding carboxylic acids is 1. The average molecular weight is 279 g/mol. The van der Waals surface area contributed by atoms with E-state index in [1.165, 1.54) is 19.2 Å². The molecule has 0 N–H and O–H groups in total. The molecule has 0 fully saturated rings. The van der Waals surface area contributed by atoms with E-state index in [2.05, 4.69) is 0 Å². The van der Waals surface area contributed by atoms with Gasteiger partial charge in [0, 0.05) is 11.1 Å². The van der Waals surface area contributed by atoms with Crippen molar-refractivity contribution in [3.8, 4) is 5.75 Å². The Morgan fingerprint density at radius 2 is 1.89 bits per heavy atom. The molecule has 19 heavy (non-hydrogen) atoms. The van der Waals surface area contributed by atoms with Gasteiger partial charge in [-0.25, -0.2) is 4.39 Å². The zero-order valence-corrected chi connectivity index (χ0v) is 11.3. The summed E-state index contributed by atoms with van der Waals surface area (Å²) >= 11 is 5.98. The predicted molar refractivity (Wildman–Crippen MR) is 72.6 cm³/mol. The van der Waals surface area contributed by atoms with E-state index in [-0.39, 0.29) is 17.1 Å². The summed E-state index contributed by atoms with van der Waals surface area (Å²) in [6.07, 6.45) is 0. The smallest absolute Gasteiger partial charge is 0.194 e. The maximum atomic E-state index is 13.7. The van der Waals surface area contributed by atoms with Gasteiger partial charge in [-0.1, -0.05) is 23.7 Å². The van der Waals surface area contributed by atoms with Crippen molar-refractivity contribution in [2.24, 2.45) is 0 Å². The number of ether oxygens (including phenoxy) is 1. The number of hydrogen-bond acceptors (Lipinski definition) is 2. The Morgan fingerprint density at radius 3 is 2.53 bits per heavy atom. The molecule has 0 heterocycles. The van der Waals surface area contributed by atoms with Gasteiger partial charge >= 0.3 is 0 Å². The van der Waals surface area contributed by atoms with Crippen molar-refractivity contribution in [2.45, 2.75) is 6.92 Å². The van der Waals surface area contributed by atoms with E-state index in [0.29, 0.717) is 16.1 Å². The highest BCUT2D eigenvalue weighted by Crippen LogP contribution is 2.25. The van der Waals surface area contributed by atoms with Crippen LogP contribution in [0.15, 0.2) is 36.4 Å². The Morgan fingerprint density at radius 1 is 1.21 bits per heavy atom. The predicted octanol–water partition coefficient (Wildman–Crippen LogP) is 4.03. The van der Waals surface area contributed by atoms with Gasteiger partial charge in [0.05, 0.1) is 12.1 Å². The van der Waals surface area contributed by atoms with Crippen LogP contribution in [-0.4, -0.2) is 12.9 Å². The minimum atomic E-state index is -0.566. The SMILES string of the molecule is COc1cc(C)c(C(=O)c2ccccc2Cl)cc1F. The standard InChI is InChI=1S/C15H12ClFO2/c1-9-7-14(19-2)13(17)8-11(9)15(18)10-5-3-4-6-12(10)16/h3-8H,1-2H3. The zero-order chi connectivity index (χ0) is 14.0. The van der Waals surface area contributed by atoms with E-state index >= 15 is 0 Å². The van der Waals surface area contributed by atoms with Gasteiger partial charge in [0.15, 0.2) is 17.3 Å². The van der Waals surface area contributed by atoms with Crippen LogP contribution in [0.2, 0.25) is 5.02 Å². The minimum absolute atomic E-state index is 0.119. The number of hydrogen-bond donors (Lipinski definition) is 0. The van der Waals surface area contributed by atoms with E-state index in [1.807, 2.05) is 0 Å². The van der Waals surface area contributed by atoms with E-state index in [1.54, 1.807) is 31.2 Å². The topological polar surface area (TPSA) is 26.3 Å². The van der Waals surface area contributed by atoms with Gasteiger partial charge in [-0.15, -0.1) is 0 Å². The van der Waals surface area contributed by atoms with Crippen LogP contribution in [0.1, 0.15) is 21.5 Å². The quantitative estimate of drug-likeness (QED) is 0.793. The Hall–Kier alpha value is -1.87. The number of aryl methyl sites for hydroxylation is 1. The summed E-state index contributed by atoms with van der Waals surface area (Å²) in [5, 5.41) is 0.350. The average Bonchev–Trinajstić information content (AvgIpc) is 2.40. The highest BCUT2D eigenvalue weighted by molar-refractivity contribution is 6.35. The molecule has 0 aliphatic heterocycles. The third-order valence-corrected chi connectivity index (χ3v) is 3.19. The molecule has 4 heteroatoms. The molecule has 0 radical (unpaired) electrons. The van der Waals surface area contributed by atoms with Gasteiger partial charge in [-0.2, -0.15) is 0 Å². The molecular formula is C15H12ClFO2. The summed E-state index contributed by atoms with van der Waals surface area (Å²) in [7, 11) is 1.38. The largest absolute Gasteiger partial charge is 0.494 e. The molecule has 2 rings (SSSR count). The molecule has 0 saturated carbocycles. The number of rotatable bonds is 3. The van der Waals surface area contributed by atoms with Gasteiger partial charge in [0.2, 0.25) is 0 Å². The third-order valence-electron chi connectivity index (χ3n) is 2.86. The van der Waals surface area contributed by atoms with Crippen LogP contribution in [-0.2, 0) is 0 Å². The number of halogens is 2. The maximum Gasteiger partial charge on any atom is 0.194 e. The highest BCUT2D eigenvalue weighted by Gasteiger charge is 2.17. The second-order valence-electron chi connectivity index (χ2n) is 4.11. The molecule has 0 atom stereocenters. The van der Waals surface area contributed by atoms with Crippen LogP contribution in [0.4, 0.5) is 4.39 Å². The molecule has 0 unspecified atom stereocenters. The van der Waals surface area contributed by atoms with Crippen molar-refractivity contribution < 1.29 is 13.9 Å². The first-order chi connectivity index (χ1) is 9.04. The van der Waals surface area contributed by atoms with Crippen molar-refractivity contribution in [2.75, 3.05) is 7.11 Å². The third kappa shape index (κ3) is 2.61. The molecule has 0 saturated heterocycles. The van der Waals surface area contributed by atoms with Gasteiger partial charge in [-0.3, -0.25) is 4.79 Å². The van der Waals surface area contributed by atoms with Gasteiger partial charge in [0.25, 0.3) is 0 Å². The normalized spacial score (nSPS) is 10.3. The fourth-order valence-electron chi connectivity index (χ4n) is 1.85. The van der Waals surface area contributed by atoms with Crippen molar-refractivity contribution in [3.05, 3.63) is 63.9 Å². The second kappa shape index (κ2) is 5.41. The Bertz CT molecular complexity index is 638. The number of methoxy groups -OCH3 is 1. The zero-order valence-electron chi connectivity index (χ0n) is 10.5. The van der Waals surface area contributed by atoms with E-state index in [9.17, 15) is 9.18 Å². The lowest BCUT2D eigenvalue weighted by Gasteiger charge is -2.09. The fraction of sp³-hybridized carbons (Fsp3) is 0.133. The van der Waals surface area contributed by atoms with Crippen molar-refractivity contribution in [1.29, 1.82) is 0 Å². The van der Waals surface area contributed by atoms with Crippen LogP contribution in [0.3, 0.4) is 0 Å². The summed E-state index contributed by atoms with van der Waals surface area (Å²) in [4.78, 5) is 12.3. The lowest BCUT2D eigenvalue weighted by atomic mass is 9.98. The first-order valence-electron chi connectivity index (χ1n) is 5.68. The maximum absolute atomic E-state index is 13.7. The molecule has 0 spiro atoms. The Labute approximate surface area is 115 Å². The fourth-order valence-corrected chi connectivity index (χ4v) is 2.07. The molecule has 2 aromatic carbocycles. The second-order valence-corrected chi connectivity index (χ2v) is 4.52. The molecule has 0 aliphatic carbocycles. The van der Waals surface area contributed by atoms with E-state index in [0.717, 1.165) is 0 Å². The summed E-state index contributed by atoms with van der Waals surface area (Å²) in [5.74, 6) is -0.749. The summed E-state index contributed by atoms with van der Waals surface area (Å²) in [5.41, 5.74) is 1.28. The van der Waals surface area contributed by atoms with Crippen LogP contribution >= 0.6 is 11.6 Å². The number of benzene rings is 2. The molecule has 0 amide bonds. The Balaban J connectivity index is 2.51. The molecule has 2 nitrogen and oxygen atoms in total. The van der Waals surface area contributed by atoms with Crippen molar-refractivity contribution in [3.63, 3.8) is 0 Å². The van der Waals surface area contributed by atoms with Crippen LogP contribution < -0.4 is 4.74 Å². The molecule has 0 bridgehead atoms. The van der Waals surface area contributed by atoms with Crippen LogP contribution in [0, 0.1) is 12.7 Å². The highest BCUT2D eigenvalue weighted by atomic mass is 35.5. The molecular weight excluding hydrogens is 267 g/mol. The summed E-state index contributed by atoms with van der Waals surface area (Å²) < 4.78 is 18.6.